The van der Waals surface area contributed by atoms with Crippen LogP contribution in [-0.4, -0.2) is 85.3 Å². The lowest BCUT2D eigenvalue weighted by molar-refractivity contribution is -0.119. The zero-order chi connectivity index (χ0) is 97.3. The number of halogens is 5. The molecule has 6 spiro atoms. The monoisotopic (exact) mass is 1860 g/mol. The Kier molecular flexibility index (Phi) is 27.5. The number of aromatic nitrogens is 10. The number of rotatable bonds is 18. The normalized spacial score (nSPS) is 18.5. The lowest BCUT2D eigenvalue weighted by Crippen LogP contribution is -2.18. The van der Waals surface area contributed by atoms with Gasteiger partial charge in [-0.1, -0.05) is 104 Å². The molecule has 0 unspecified atom stereocenters. The summed E-state index contributed by atoms with van der Waals surface area (Å²) < 4.78 is 68.3. The Morgan fingerprint density at radius 3 is 0.797 bits per heavy atom. The minimum Gasteiger partial charge on any atom is -0.310 e. The molecule has 138 heavy (non-hydrogen) atoms. The van der Waals surface area contributed by atoms with Crippen molar-refractivity contribution in [2.75, 3.05) is 31.9 Å². The molecule has 6 N–H and O–H groups in total. The van der Waals surface area contributed by atoms with Gasteiger partial charge in [-0.25, -0.2) is 51.9 Å². The molecular weight excluding hydrogens is 1750 g/mol. The Balaban J connectivity index is 0.000000115. The van der Waals surface area contributed by atoms with Crippen molar-refractivity contribution < 1.29 is 50.7 Å². The number of nitrogens with one attached hydrogen (secondary N) is 6. The van der Waals surface area contributed by atoms with Crippen molar-refractivity contribution in [2.45, 2.75) is 230 Å². The van der Waals surface area contributed by atoms with Crippen molar-refractivity contribution >= 4 is 104 Å². The molecule has 10 aromatic rings. The van der Waals surface area contributed by atoms with Gasteiger partial charge in [0.15, 0.2) is 23.3 Å². The lowest BCUT2D eigenvalue weighted by Gasteiger charge is -2.14. The van der Waals surface area contributed by atoms with Crippen molar-refractivity contribution in [3.63, 3.8) is 0 Å². The van der Waals surface area contributed by atoms with Gasteiger partial charge in [-0.05, 0) is 352 Å². The van der Waals surface area contributed by atoms with Gasteiger partial charge in [0, 0.05) is 29.8 Å². The second-order valence-electron chi connectivity index (χ2n) is 40.2. The molecule has 6 fully saturated rings. The van der Waals surface area contributed by atoms with Crippen LogP contribution in [0.15, 0.2) is 205 Å². The average molecular weight is 1870 g/mol. The van der Waals surface area contributed by atoms with E-state index in [0.29, 0.717) is 55.9 Å². The first-order chi connectivity index (χ1) is 66.2. The van der Waals surface area contributed by atoms with Crippen molar-refractivity contribution in [2.24, 2.45) is 44.3 Å². The van der Waals surface area contributed by atoms with Crippen LogP contribution in [0.25, 0.3) is 33.4 Å². The fourth-order valence-corrected chi connectivity index (χ4v) is 21.2. The second kappa shape index (κ2) is 39.5. The van der Waals surface area contributed by atoms with Crippen molar-refractivity contribution in [3.8, 4) is 0 Å². The van der Waals surface area contributed by atoms with E-state index in [-0.39, 0.29) is 52.2 Å². The van der Waals surface area contributed by atoms with Gasteiger partial charge in [0.2, 0.25) is 11.8 Å². The van der Waals surface area contributed by atoms with E-state index in [1.165, 1.54) is 238 Å². The summed E-state index contributed by atoms with van der Waals surface area (Å²) in [6, 6.07) is 27.6. The highest BCUT2D eigenvalue weighted by Crippen LogP contribution is 2.69. The first-order valence-corrected chi connectivity index (χ1v) is 48.2. The molecular formula is C111H117F5N16O6. The number of hydrogen-bond donors (Lipinski definition) is 6. The van der Waals surface area contributed by atoms with Gasteiger partial charge in [0.25, 0.3) is 23.6 Å². The zero-order valence-corrected chi connectivity index (χ0v) is 80.1. The quantitative estimate of drug-likeness (QED) is 0.0435. The minimum atomic E-state index is -0.913. The van der Waals surface area contributed by atoms with Crippen LogP contribution in [0.5, 0.6) is 0 Å². The number of allylic oxidation sites excluding steroid dienone is 12. The van der Waals surface area contributed by atoms with Gasteiger partial charge in [-0.3, -0.25) is 48.7 Å². The predicted molar refractivity (Wildman–Crippen MR) is 527 cm³/mol. The summed E-state index contributed by atoms with van der Waals surface area (Å²) in [6.45, 7) is 22.5. The summed E-state index contributed by atoms with van der Waals surface area (Å²) >= 11 is 0. The van der Waals surface area contributed by atoms with Crippen LogP contribution in [0.1, 0.15) is 304 Å². The molecule has 6 saturated carbocycles. The van der Waals surface area contributed by atoms with Crippen LogP contribution in [0.3, 0.4) is 0 Å². The van der Waals surface area contributed by atoms with E-state index in [2.05, 4.69) is 129 Å². The number of anilines is 6. The van der Waals surface area contributed by atoms with Crippen LogP contribution in [0, 0.1) is 80.3 Å². The number of carbonyl (C=O) groups is 6. The van der Waals surface area contributed by atoms with Crippen LogP contribution < -0.4 is 31.9 Å². The highest BCUT2D eigenvalue weighted by atomic mass is 19.1. The standard InChI is InChI=1S/C20H18F2N2O.C20H21N3O.C19H17F2N3O.C19H18FN3O.C17H22N2O.C16H21N3O/c1-12-7-8-20(9-10-20)18(12)13-5-6-16(23-11-13)24-19(25)17-14(21)3-2-4-15(17)22;1-13-5-3-4-6-15(13)19(24)23-17-12-21-16(11-22-17)18-14(2)7-8-20(18)9-10-20;1-11-5-6-19(7-8-19)17(11)14-9-23-15(10-22-14)24-18(25)16-12(20)3-2-4-13(16)21;1-12-6-7-19(8-9-19)17(12)15-10-22-16(11-21-15)23-18(24)13-4-2-3-5-14(13)20;1-11(2)16(20)19-14-5-4-13(10-18-14)15-12(3)6-7-17(15)8-9-17;1-10(2)15(20)19-13-9-17-12(8-18-13)14-11(3)4-5-16(14)6-7-16/h2-6,11H,7-10H2,1H3,(H,23,24,25);3-6,11-12H,7-10H2,1-2H3,(H,22,23,24);2-4,9-10H,5-8H2,1H3,(H,23,24,25);2-5,10-11H,6-9H2,1H3,(H,22,23,24);4-5,10-11H,6-9H2,1-3H3,(H,18,19,20);8-10H,4-7H2,1-3H3,(H,18,19,20). The highest BCUT2D eigenvalue weighted by Gasteiger charge is 2.55. The van der Waals surface area contributed by atoms with E-state index >= 15 is 0 Å². The Bertz CT molecular complexity index is 6180. The van der Waals surface area contributed by atoms with Crippen LogP contribution in [0.4, 0.5) is 56.9 Å². The number of aryl methyl sites for hydroxylation is 1. The molecule has 0 saturated heterocycles. The Morgan fingerprint density at radius 2 is 0.507 bits per heavy atom. The van der Waals surface area contributed by atoms with E-state index in [0.717, 1.165) is 77.4 Å². The predicted octanol–water partition coefficient (Wildman–Crippen LogP) is 25.4. The van der Waals surface area contributed by atoms with Gasteiger partial charge in [0.1, 0.15) is 51.8 Å². The molecule has 0 atom stereocenters. The molecule has 4 aromatic carbocycles. The molecule has 6 aromatic heterocycles. The third-order valence-corrected chi connectivity index (χ3v) is 29.9. The Labute approximate surface area is 801 Å². The summed E-state index contributed by atoms with van der Waals surface area (Å²) in [5, 5.41) is 15.9. The molecule has 0 aliphatic heterocycles. The van der Waals surface area contributed by atoms with Crippen LogP contribution >= 0.6 is 0 Å². The van der Waals surface area contributed by atoms with Crippen LogP contribution in [-0.2, 0) is 9.59 Å². The van der Waals surface area contributed by atoms with Gasteiger partial charge in [-0.2, -0.15) is 0 Å². The number of nitrogens with zero attached hydrogens (tertiary/aromatic N) is 10. The Hall–Kier alpha value is -13.6. The maximum absolute atomic E-state index is 13.7. The fourth-order valence-electron chi connectivity index (χ4n) is 21.2. The van der Waals surface area contributed by atoms with E-state index in [4.69, 9.17) is 0 Å². The molecule has 0 bridgehead atoms. The first kappa shape index (κ1) is 96.1. The summed E-state index contributed by atoms with van der Waals surface area (Å²) in [5.74, 6) is -4.20. The molecule has 12 aliphatic rings. The maximum Gasteiger partial charge on any atom is 0.262 e. The van der Waals surface area contributed by atoms with Gasteiger partial charge >= 0.3 is 0 Å². The van der Waals surface area contributed by atoms with Gasteiger partial charge < -0.3 is 31.9 Å². The van der Waals surface area contributed by atoms with Crippen LogP contribution in [0.2, 0.25) is 0 Å². The van der Waals surface area contributed by atoms with Gasteiger partial charge in [0.05, 0.1) is 77.9 Å². The third-order valence-electron chi connectivity index (χ3n) is 29.9. The Morgan fingerprint density at radius 1 is 0.254 bits per heavy atom. The molecule has 6 amide bonds. The number of hydrogen-bond acceptors (Lipinski definition) is 16. The van der Waals surface area contributed by atoms with E-state index in [9.17, 15) is 50.7 Å². The molecule has 0 radical (unpaired) electrons. The summed E-state index contributed by atoms with van der Waals surface area (Å²) in [4.78, 5) is 116. The number of amides is 6. The highest BCUT2D eigenvalue weighted by molar-refractivity contribution is 6.07. The van der Waals surface area contributed by atoms with Gasteiger partial charge in [-0.15, -0.1) is 0 Å². The molecule has 22 rings (SSSR count). The smallest absolute Gasteiger partial charge is 0.262 e. The number of carbonyl (C=O) groups excluding carboxylic acids is 6. The zero-order valence-electron chi connectivity index (χ0n) is 80.1. The van der Waals surface area contributed by atoms with Crippen molar-refractivity contribution in [1.29, 1.82) is 0 Å². The lowest BCUT2D eigenvalue weighted by atomic mass is 9.92. The summed E-state index contributed by atoms with van der Waals surface area (Å²) in [5.41, 5.74) is 25.4. The van der Waals surface area contributed by atoms with E-state index in [1.54, 1.807) is 67.8 Å². The summed E-state index contributed by atoms with van der Waals surface area (Å²) in [7, 11) is 0. The molecule has 12 aliphatic carbocycles. The van der Waals surface area contributed by atoms with E-state index in [1.807, 2.05) is 77.2 Å². The fraction of sp³-hybridized carbons (Fsp3) is 0.387. The second-order valence-corrected chi connectivity index (χ2v) is 40.2. The number of pyridine rings is 2. The largest absolute Gasteiger partial charge is 0.310 e. The molecule has 6 heterocycles. The van der Waals surface area contributed by atoms with Crippen molar-refractivity contribution in [1.82, 2.24) is 49.8 Å². The SMILES string of the molecule is CC1=C(c2ccc(NC(=O)C(C)C)nc2)C2(CC1)CC2.CC1=C(c2ccc(NC(=O)c3c(F)cccc3F)nc2)C2(CC1)CC2.CC1=C(c2cnc(NC(=O)C(C)C)cn2)C2(CC1)CC2.CC1=C(c2cnc(NC(=O)c3c(F)cccc3F)cn2)C2(CC1)CC2.CC1=C(c2cnc(NC(=O)c3ccccc3C)cn2)C2(CC1)CC2.CC1=C(c2cnc(NC(=O)c3ccccc3F)cn2)C2(CC1)CC2. The topological polar surface area (TPSA) is 303 Å². The maximum atomic E-state index is 13.7. The molecule has 712 valence electrons. The summed E-state index contributed by atoms with van der Waals surface area (Å²) in [6.07, 6.45) is 46.3. The molecule has 27 heteroatoms. The van der Waals surface area contributed by atoms with E-state index < -0.39 is 57.9 Å². The molecule has 22 nitrogen and oxygen atoms in total. The average Bonchev–Trinajstić information content (AvgIpc) is 1.61. The first-order valence-electron chi connectivity index (χ1n) is 48.2. The minimum absolute atomic E-state index is 0.00495. The van der Waals surface area contributed by atoms with Crippen molar-refractivity contribution in [3.05, 3.63) is 295 Å². The third kappa shape index (κ3) is 20.8. The number of benzene rings is 4.